The lowest BCUT2D eigenvalue weighted by Gasteiger charge is -2.11. The first kappa shape index (κ1) is 18.1. The number of benzene rings is 2. The van der Waals surface area contributed by atoms with Crippen LogP contribution in [0, 0.1) is 3.95 Å². The first-order chi connectivity index (χ1) is 12.6. The fraction of sp³-hybridized carbons (Fsp3) is 0. The second kappa shape index (κ2) is 8.09. The molecule has 0 saturated heterocycles. The van der Waals surface area contributed by atoms with E-state index in [2.05, 4.69) is 16.2 Å². The molecule has 0 saturated carbocycles. The molecule has 9 heteroatoms. The van der Waals surface area contributed by atoms with Gasteiger partial charge in [-0.1, -0.05) is 47.7 Å². The minimum absolute atomic E-state index is 0.259. The van der Waals surface area contributed by atoms with Crippen molar-refractivity contribution in [2.45, 2.75) is 0 Å². The summed E-state index contributed by atoms with van der Waals surface area (Å²) in [5.74, 6) is -0.127. The molecule has 1 aromatic heterocycles. The van der Waals surface area contributed by atoms with Crippen LogP contribution in [0.5, 0.6) is 0 Å². The normalized spacial score (nSPS) is 10.2. The molecule has 0 bridgehead atoms. The fourth-order valence-corrected chi connectivity index (χ4v) is 3.66. The van der Waals surface area contributed by atoms with E-state index in [0.29, 0.717) is 8.83 Å². The van der Waals surface area contributed by atoms with Crippen LogP contribution in [0.25, 0.3) is 5.69 Å². The Bertz CT molecular complexity index is 983. The molecule has 5 N–H and O–H groups in total. The molecule has 0 spiro atoms. The van der Waals surface area contributed by atoms with Crippen LogP contribution in [0.2, 0.25) is 0 Å². The van der Waals surface area contributed by atoms with Crippen molar-refractivity contribution in [1.29, 1.82) is 0 Å². The molecule has 0 aliphatic rings. The Morgan fingerprint density at radius 1 is 1.00 bits per heavy atom. The first-order valence-electron chi connectivity index (χ1n) is 7.55. The number of anilines is 2. The maximum absolute atomic E-state index is 12.4. The quantitative estimate of drug-likeness (QED) is 0.397. The summed E-state index contributed by atoms with van der Waals surface area (Å²) in [6, 6.07) is 18.8. The highest BCUT2D eigenvalue weighted by molar-refractivity contribution is 7.80. The van der Waals surface area contributed by atoms with Gasteiger partial charge in [0, 0.05) is 11.4 Å². The molecule has 1 amide bonds. The van der Waals surface area contributed by atoms with Gasteiger partial charge in [-0.2, -0.15) is 0 Å². The van der Waals surface area contributed by atoms with Crippen molar-refractivity contribution in [2.75, 3.05) is 11.1 Å². The van der Waals surface area contributed by atoms with Gasteiger partial charge in [0.05, 0.1) is 0 Å². The Labute approximate surface area is 164 Å². The van der Waals surface area contributed by atoms with Gasteiger partial charge in [0.15, 0.2) is 9.07 Å². The second-order valence-electron chi connectivity index (χ2n) is 5.15. The smallest absolute Gasteiger partial charge is 0.283 e. The van der Waals surface area contributed by atoms with Crippen molar-refractivity contribution in [1.82, 2.24) is 15.4 Å². The molecule has 0 unspecified atom stereocenters. The minimum Gasteiger partial charge on any atom is -0.383 e. The number of amides is 1. The standard InChI is InChI=1S/C17H15N5OS3/c18-14-13(26-17(25)22(14)12-9-5-2-6-10-12)15(23)20-21-16(24)19-11-7-3-1-4-8-11/h1-10H,18H2,(H,20,23)(H2,19,21,24). The predicted octanol–water partition coefficient (Wildman–Crippen LogP) is 3.48. The number of hydrazine groups is 1. The van der Waals surface area contributed by atoms with E-state index < -0.39 is 5.91 Å². The number of thiazole rings is 1. The Hall–Kier alpha value is -2.75. The van der Waals surface area contributed by atoms with Crippen molar-refractivity contribution in [2.24, 2.45) is 0 Å². The summed E-state index contributed by atoms with van der Waals surface area (Å²) in [5.41, 5.74) is 12.9. The molecule has 0 atom stereocenters. The van der Waals surface area contributed by atoms with E-state index >= 15 is 0 Å². The van der Waals surface area contributed by atoms with E-state index in [1.54, 1.807) is 4.57 Å². The van der Waals surface area contributed by atoms with Gasteiger partial charge in [0.1, 0.15) is 10.7 Å². The summed E-state index contributed by atoms with van der Waals surface area (Å²) >= 11 is 11.6. The predicted molar refractivity (Wildman–Crippen MR) is 112 cm³/mol. The van der Waals surface area contributed by atoms with Gasteiger partial charge in [0.2, 0.25) is 0 Å². The molecule has 0 aliphatic heterocycles. The van der Waals surface area contributed by atoms with E-state index in [9.17, 15) is 4.79 Å². The number of nitrogens with zero attached hydrogens (tertiary/aromatic N) is 1. The van der Waals surface area contributed by atoms with Crippen LogP contribution in [-0.4, -0.2) is 15.6 Å². The number of carbonyl (C=O) groups excluding carboxylic acids is 1. The van der Waals surface area contributed by atoms with Crippen LogP contribution in [0.1, 0.15) is 9.67 Å². The molecule has 26 heavy (non-hydrogen) atoms. The summed E-state index contributed by atoms with van der Waals surface area (Å²) in [6.07, 6.45) is 0. The van der Waals surface area contributed by atoms with Gasteiger partial charge in [-0.3, -0.25) is 20.2 Å². The minimum atomic E-state index is -0.412. The topological polar surface area (TPSA) is 84.1 Å². The molecule has 0 aliphatic carbocycles. The van der Waals surface area contributed by atoms with E-state index in [1.165, 1.54) is 0 Å². The van der Waals surface area contributed by atoms with Crippen LogP contribution in [0.4, 0.5) is 11.5 Å². The molecule has 3 aromatic rings. The number of thiocarbonyl (C=S) groups is 1. The average Bonchev–Trinajstić information content (AvgIpc) is 2.95. The molecular weight excluding hydrogens is 386 g/mol. The second-order valence-corrected chi connectivity index (χ2v) is 7.21. The van der Waals surface area contributed by atoms with E-state index in [4.69, 9.17) is 30.2 Å². The van der Waals surface area contributed by atoms with Gasteiger partial charge in [-0.25, -0.2) is 0 Å². The van der Waals surface area contributed by atoms with Crippen LogP contribution in [0.15, 0.2) is 60.7 Å². The summed E-state index contributed by atoms with van der Waals surface area (Å²) in [5, 5.41) is 3.22. The van der Waals surface area contributed by atoms with Crippen LogP contribution < -0.4 is 21.9 Å². The molecule has 0 fully saturated rings. The molecular formula is C17H15N5OS3. The highest BCUT2D eigenvalue weighted by Gasteiger charge is 2.18. The van der Waals surface area contributed by atoms with Crippen molar-refractivity contribution in [3.05, 3.63) is 69.5 Å². The molecule has 0 radical (unpaired) electrons. The highest BCUT2D eigenvalue weighted by atomic mass is 32.1. The first-order valence-corrected chi connectivity index (χ1v) is 9.18. The number of hydrogen-bond acceptors (Lipinski definition) is 5. The molecule has 132 valence electrons. The number of nitrogens with two attached hydrogens (primary N) is 1. The van der Waals surface area contributed by atoms with Crippen LogP contribution in [0.3, 0.4) is 0 Å². The molecule has 6 nitrogen and oxygen atoms in total. The monoisotopic (exact) mass is 401 g/mol. The van der Waals surface area contributed by atoms with Crippen molar-refractivity contribution in [3.63, 3.8) is 0 Å². The maximum Gasteiger partial charge on any atom is 0.283 e. The number of rotatable bonds is 3. The number of nitrogen functional groups attached to an aromatic ring is 1. The largest absolute Gasteiger partial charge is 0.383 e. The van der Waals surface area contributed by atoms with Crippen molar-refractivity contribution < 1.29 is 4.79 Å². The van der Waals surface area contributed by atoms with E-state index in [-0.39, 0.29) is 10.9 Å². The van der Waals surface area contributed by atoms with Crippen LogP contribution in [-0.2, 0) is 0 Å². The number of hydrogen-bond donors (Lipinski definition) is 4. The van der Waals surface area contributed by atoms with Gasteiger partial charge >= 0.3 is 0 Å². The van der Waals surface area contributed by atoms with Gasteiger partial charge in [-0.15, -0.1) is 0 Å². The van der Waals surface area contributed by atoms with E-state index in [1.807, 2.05) is 60.7 Å². The summed E-state index contributed by atoms with van der Waals surface area (Å²) < 4.78 is 2.15. The van der Waals surface area contributed by atoms with Gasteiger partial charge in [-0.05, 0) is 48.7 Å². The lowest BCUT2D eigenvalue weighted by atomic mass is 10.3. The SMILES string of the molecule is Nc1c(C(=O)NNC(=S)Nc2ccccc2)sc(=S)n1-c1ccccc1. The third-order valence-corrected chi connectivity index (χ3v) is 4.98. The third kappa shape index (κ3) is 4.07. The number of nitrogens with one attached hydrogen (secondary N) is 3. The van der Waals surface area contributed by atoms with Crippen LogP contribution >= 0.6 is 35.8 Å². The highest BCUT2D eigenvalue weighted by Crippen LogP contribution is 2.25. The zero-order chi connectivity index (χ0) is 18.5. The van der Waals surface area contributed by atoms with Crippen molar-refractivity contribution >= 4 is 58.3 Å². The zero-order valence-corrected chi connectivity index (χ0v) is 15.9. The zero-order valence-electron chi connectivity index (χ0n) is 13.4. The third-order valence-electron chi connectivity index (χ3n) is 3.39. The van der Waals surface area contributed by atoms with Crippen molar-refractivity contribution in [3.8, 4) is 5.69 Å². The van der Waals surface area contributed by atoms with Gasteiger partial charge < -0.3 is 11.1 Å². The summed E-state index contributed by atoms with van der Waals surface area (Å²) in [7, 11) is 0. The lowest BCUT2D eigenvalue weighted by Crippen LogP contribution is -2.43. The maximum atomic E-state index is 12.4. The molecule has 3 rings (SSSR count). The molecule has 2 aromatic carbocycles. The Kier molecular flexibility index (Phi) is 5.61. The Balaban J connectivity index is 1.69. The number of para-hydroxylation sites is 2. The lowest BCUT2D eigenvalue weighted by molar-refractivity contribution is 0.0949. The average molecular weight is 402 g/mol. The summed E-state index contributed by atoms with van der Waals surface area (Å²) in [4.78, 5) is 12.7. The Morgan fingerprint density at radius 2 is 1.62 bits per heavy atom. The van der Waals surface area contributed by atoms with E-state index in [0.717, 1.165) is 22.7 Å². The number of aromatic nitrogens is 1. The Morgan fingerprint density at radius 3 is 2.27 bits per heavy atom. The number of carbonyl (C=O) groups is 1. The van der Waals surface area contributed by atoms with Gasteiger partial charge in [0.25, 0.3) is 5.91 Å². The fourth-order valence-electron chi connectivity index (χ4n) is 2.22. The molecule has 1 heterocycles. The summed E-state index contributed by atoms with van der Waals surface area (Å²) in [6.45, 7) is 0.